The van der Waals surface area contributed by atoms with Gasteiger partial charge in [0.25, 0.3) is 0 Å². The smallest absolute Gasteiger partial charge is 0.158 e. The summed E-state index contributed by atoms with van der Waals surface area (Å²) in [6.07, 6.45) is 3.95. The molecule has 0 saturated carbocycles. The molecule has 0 unspecified atom stereocenters. The molecule has 0 fully saturated rings. The molecule has 0 aliphatic carbocycles. The fourth-order valence-corrected chi connectivity index (χ4v) is 4.76. The highest BCUT2D eigenvalue weighted by molar-refractivity contribution is 6.32. The number of aryl methyl sites for hydroxylation is 1. The first-order valence-electron chi connectivity index (χ1n) is 13.4. The summed E-state index contributed by atoms with van der Waals surface area (Å²) < 4.78 is 31.0. The Hall–Kier alpha value is -4.47. The summed E-state index contributed by atoms with van der Waals surface area (Å²) >= 11 is 6.50. The van der Waals surface area contributed by atoms with Gasteiger partial charge in [-0.2, -0.15) is 0 Å². The van der Waals surface area contributed by atoms with Gasteiger partial charge in [0.15, 0.2) is 5.78 Å². The molecule has 2 heterocycles. The van der Waals surface area contributed by atoms with Crippen molar-refractivity contribution in [3.05, 3.63) is 95.2 Å². The minimum Gasteiger partial charge on any atom is -0.496 e. The first kappa shape index (κ1) is 29.0. The van der Waals surface area contributed by atoms with E-state index in [1.807, 2.05) is 30.3 Å². The van der Waals surface area contributed by atoms with Crippen LogP contribution in [0.1, 0.15) is 30.6 Å². The maximum Gasteiger partial charge on any atom is 0.158 e. The van der Waals surface area contributed by atoms with Crippen LogP contribution in [0.5, 0.6) is 11.5 Å². The molecule has 42 heavy (non-hydrogen) atoms. The van der Waals surface area contributed by atoms with Crippen molar-refractivity contribution in [1.29, 1.82) is 0 Å². The zero-order chi connectivity index (χ0) is 29.5. The van der Waals surface area contributed by atoms with E-state index in [9.17, 15) is 9.18 Å². The van der Waals surface area contributed by atoms with Gasteiger partial charge in [-0.15, -0.1) is 0 Å². The molecule has 0 amide bonds. The zero-order valence-electron chi connectivity index (χ0n) is 22.9. The van der Waals surface area contributed by atoms with Crippen LogP contribution in [0.2, 0.25) is 5.02 Å². The quantitative estimate of drug-likeness (QED) is 0.138. The van der Waals surface area contributed by atoms with Crippen LogP contribution in [0.15, 0.2) is 77.5 Å². The molecular weight excluding hydrogens is 561 g/mol. The Kier molecular flexibility index (Phi) is 9.31. The molecule has 0 saturated heterocycles. The number of unbranched alkanes of at least 4 members (excludes halogenated alkanes) is 1. The fourth-order valence-electron chi connectivity index (χ4n) is 4.52. The molecule has 8 nitrogen and oxygen atoms in total. The molecule has 0 radical (unpaired) electrons. The number of carbonyl (C=O) groups excluding carboxylic acids is 1. The molecule has 5 rings (SSSR count). The number of ketones is 1. The third-order valence-electron chi connectivity index (χ3n) is 6.67. The Morgan fingerprint density at radius 3 is 2.71 bits per heavy atom. The number of anilines is 2. The fraction of sp³-hybridized carbons (Fsp3) is 0.219. The van der Waals surface area contributed by atoms with Crippen LogP contribution in [-0.2, 0) is 17.8 Å². The predicted octanol–water partition coefficient (Wildman–Crippen LogP) is 7.29. The van der Waals surface area contributed by atoms with Crippen LogP contribution >= 0.6 is 11.6 Å². The van der Waals surface area contributed by atoms with E-state index in [1.165, 1.54) is 18.5 Å². The first-order valence-corrected chi connectivity index (χ1v) is 13.8. The molecular formula is C32H29ClFN3O5. The molecule has 0 spiro atoms. The molecule has 216 valence electrons. The maximum absolute atomic E-state index is 13.5. The maximum atomic E-state index is 13.5. The first-order chi connectivity index (χ1) is 20.4. The Balaban J connectivity index is 1.34. The van der Waals surface area contributed by atoms with Gasteiger partial charge in [0.2, 0.25) is 0 Å². The summed E-state index contributed by atoms with van der Waals surface area (Å²) in [7, 11) is 1.59. The van der Waals surface area contributed by atoms with Crippen molar-refractivity contribution in [2.24, 2.45) is 0 Å². The topological polar surface area (TPSA) is 107 Å². The number of furan rings is 1. The molecule has 0 aliphatic heterocycles. The van der Waals surface area contributed by atoms with Gasteiger partial charge in [0.1, 0.15) is 54.2 Å². The van der Waals surface area contributed by atoms with E-state index >= 15 is 0 Å². The lowest BCUT2D eigenvalue weighted by Crippen LogP contribution is -2.02. The van der Waals surface area contributed by atoms with E-state index in [0.29, 0.717) is 64.1 Å². The van der Waals surface area contributed by atoms with Crippen LogP contribution in [0.4, 0.5) is 15.9 Å². The van der Waals surface area contributed by atoms with E-state index in [4.69, 9.17) is 30.6 Å². The largest absolute Gasteiger partial charge is 0.496 e. The van der Waals surface area contributed by atoms with Gasteiger partial charge in [0.05, 0.1) is 23.2 Å². The van der Waals surface area contributed by atoms with Crippen molar-refractivity contribution in [2.45, 2.75) is 32.3 Å². The molecule has 5 aromatic rings. The van der Waals surface area contributed by atoms with E-state index in [2.05, 4.69) is 15.3 Å². The number of carbonyl (C=O) groups is 1. The Labute approximate surface area is 247 Å². The van der Waals surface area contributed by atoms with E-state index in [-0.39, 0.29) is 18.2 Å². The number of fused-ring (bicyclic) bond motifs is 1. The van der Waals surface area contributed by atoms with Crippen molar-refractivity contribution in [2.75, 3.05) is 19.0 Å². The monoisotopic (exact) mass is 589 g/mol. The number of halogens is 2. The highest BCUT2D eigenvalue weighted by Gasteiger charge is 2.16. The van der Waals surface area contributed by atoms with Gasteiger partial charge in [-0.1, -0.05) is 23.7 Å². The Morgan fingerprint density at radius 1 is 1.05 bits per heavy atom. The van der Waals surface area contributed by atoms with Gasteiger partial charge < -0.3 is 24.3 Å². The summed E-state index contributed by atoms with van der Waals surface area (Å²) in [5.41, 5.74) is 2.80. The summed E-state index contributed by atoms with van der Waals surface area (Å²) in [4.78, 5) is 20.2. The second-order valence-corrected chi connectivity index (χ2v) is 10.1. The molecule has 2 N–H and O–H groups in total. The number of aliphatic hydroxyl groups excluding tert-OH is 1. The zero-order valence-corrected chi connectivity index (χ0v) is 23.7. The molecule has 2 aromatic heterocycles. The number of ether oxygens (including phenoxy) is 2. The lowest BCUT2D eigenvalue weighted by atomic mass is 10.1. The van der Waals surface area contributed by atoms with Crippen molar-refractivity contribution in [3.63, 3.8) is 0 Å². The number of hydrogen-bond acceptors (Lipinski definition) is 8. The summed E-state index contributed by atoms with van der Waals surface area (Å²) in [5, 5.41) is 13.3. The normalized spacial score (nSPS) is 11.0. The third kappa shape index (κ3) is 7.05. The SMILES string of the molecule is COc1cc2ncnc(Nc3ccc(OCc4cccc(F)c4)c(Cl)c3)c2cc1-c1ccc(CCCCC(=O)CO)o1. The average Bonchev–Trinajstić information content (AvgIpc) is 3.47. The van der Waals surface area contributed by atoms with E-state index in [1.54, 1.807) is 31.4 Å². The minimum atomic E-state index is -0.419. The molecule has 10 heteroatoms. The lowest BCUT2D eigenvalue weighted by Gasteiger charge is -2.13. The number of hydrogen-bond donors (Lipinski definition) is 2. The predicted molar refractivity (Wildman–Crippen MR) is 159 cm³/mol. The summed E-state index contributed by atoms with van der Waals surface area (Å²) in [6, 6.07) is 19.0. The highest BCUT2D eigenvalue weighted by Crippen LogP contribution is 2.37. The van der Waals surface area contributed by atoms with E-state index in [0.717, 1.165) is 23.1 Å². The van der Waals surface area contributed by atoms with Crippen LogP contribution in [0.25, 0.3) is 22.2 Å². The number of aliphatic hydroxyl groups is 1. The van der Waals surface area contributed by atoms with Crippen LogP contribution < -0.4 is 14.8 Å². The van der Waals surface area contributed by atoms with Gasteiger partial charge in [-0.3, -0.25) is 4.79 Å². The van der Waals surface area contributed by atoms with Crippen LogP contribution in [0, 0.1) is 5.82 Å². The van der Waals surface area contributed by atoms with Crippen molar-refractivity contribution in [1.82, 2.24) is 9.97 Å². The molecule has 3 aromatic carbocycles. The number of aromatic nitrogens is 2. The van der Waals surface area contributed by atoms with Crippen LogP contribution in [0.3, 0.4) is 0 Å². The Morgan fingerprint density at radius 2 is 1.93 bits per heavy atom. The standard InChI is InChI=1S/C32H29ClFN3O5/c1-40-31-16-28-25(15-26(31)29-12-10-24(42-29)8-3-2-7-23(39)17-38)32(36-19-35-28)37-22-9-11-30(27(33)14-22)41-18-20-5-4-6-21(34)13-20/h4-6,9-16,19,38H,2-3,7-8,17-18H2,1H3,(H,35,36,37). The van der Waals surface area contributed by atoms with E-state index < -0.39 is 6.61 Å². The minimum absolute atomic E-state index is 0.157. The number of methoxy groups -OCH3 is 1. The van der Waals surface area contributed by atoms with Gasteiger partial charge in [-0.25, -0.2) is 14.4 Å². The average molecular weight is 590 g/mol. The Bertz CT molecular complexity index is 1710. The van der Waals surface area contributed by atoms with Gasteiger partial charge in [0, 0.05) is 30.0 Å². The van der Waals surface area contributed by atoms with Crippen molar-refractivity contribution < 1.29 is 28.2 Å². The molecule has 0 aliphatic rings. The highest BCUT2D eigenvalue weighted by atomic mass is 35.5. The number of Topliss-reactive ketones (excluding diaryl/α,β-unsaturated/α-hetero) is 1. The van der Waals surface area contributed by atoms with Gasteiger partial charge in [-0.05, 0) is 66.9 Å². The number of rotatable bonds is 13. The second-order valence-electron chi connectivity index (χ2n) is 9.65. The van der Waals surface area contributed by atoms with Crippen molar-refractivity contribution in [3.8, 4) is 22.8 Å². The summed E-state index contributed by atoms with van der Waals surface area (Å²) in [6.45, 7) is -0.235. The second kappa shape index (κ2) is 13.5. The third-order valence-corrected chi connectivity index (χ3v) is 6.96. The number of nitrogens with one attached hydrogen (secondary N) is 1. The molecule has 0 atom stereocenters. The van der Waals surface area contributed by atoms with Gasteiger partial charge >= 0.3 is 0 Å². The number of benzene rings is 3. The van der Waals surface area contributed by atoms with Crippen LogP contribution in [-0.4, -0.2) is 34.6 Å². The lowest BCUT2D eigenvalue weighted by molar-refractivity contribution is -0.121. The molecule has 0 bridgehead atoms. The summed E-state index contributed by atoms with van der Waals surface area (Å²) in [5.74, 6) is 2.58. The van der Waals surface area contributed by atoms with Crippen molar-refractivity contribution >= 4 is 39.8 Å². The number of nitrogens with zero attached hydrogens (tertiary/aromatic N) is 2.